The number of likely N-dealkylation sites (tertiary alicyclic amines) is 1. The van der Waals surface area contributed by atoms with Crippen LogP contribution in [0, 0.1) is 5.92 Å². The van der Waals surface area contributed by atoms with Gasteiger partial charge in [-0.05, 0) is 19.8 Å². The molecular formula is C13H21NO5S. The van der Waals surface area contributed by atoms with E-state index in [4.69, 9.17) is 4.74 Å². The van der Waals surface area contributed by atoms with Gasteiger partial charge in [-0.2, -0.15) is 0 Å². The molecule has 114 valence electrons. The molecule has 0 N–H and O–H groups in total. The zero-order valence-electron chi connectivity index (χ0n) is 11.7. The maximum Gasteiger partial charge on any atom is 0.310 e. The molecule has 6 nitrogen and oxygen atoms in total. The minimum atomic E-state index is -3.45. The van der Waals surface area contributed by atoms with E-state index in [1.807, 2.05) is 0 Å². The maximum absolute atomic E-state index is 12.0. The molecule has 1 fully saturated rings. The topological polar surface area (TPSA) is 80.8 Å². The number of nitrogens with zero attached hydrogens (tertiary/aromatic N) is 1. The van der Waals surface area contributed by atoms with Crippen LogP contribution >= 0.6 is 0 Å². The Balaban J connectivity index is 2.60. The van der Waals surface area contributed by atoms with Crippen LogP contribution in [0.2, 0.25) is 0 Å². The summed E-state index contributed by atoms with van der Waals surface area (Å²) in [6.07, 6.45) is 2.61. The highest BCUT2D eigenvalue weighted by Gasteiger charge is 2.30. The van der Waals surface area contributed by atoms with Gasteiger partial charge in [-0.1, -0.05) is 6.08 Å². The van der Waals surface area contributed by atoms with E-state index in [0.717, 1.165) is 0 Å². The Kier molecular flexibility index (Phi) is 6.19. The standard InChI is InChI=1S/C13H21NO5S/c1-3-8-20(17,18)10-12(15)14-7-5-6-11(9-14)13(16)19-4-2/h3,11H,1,4-10H2,2H3. The molecule has 1 aliphatic rings. The Morgan fingerprint density at radius 1 is 1.45 bits per heavy atom. The second-order valence-corrected chi connectivity index (χ2v) is 6.88. The van der Waals surface area contributed by atoms with Crippen molar-refractivity contribution in [1.29, 1.82) is 0 Å². The lowest BCUT2D eigenvalue weighted by atomic mass is 9.98. The number of piperidine rings is 1. The van der Waals surface area contributed by atoms with E-state index in [1.165, 1.54) is 11.0 Å². The molecule has 0 spiro atoms. The highest BCUT2D eigenvalue weighted by Crippen LogP contribution is 2.18. The van der Waals surface area contributed by atoms with Crippen molar-refractivity contribution < 1.29 is 22.7 Å². The van der Waals surface area contributed by atoms with Crippen molar-refractivity contribution >= 4 is 21.7 Å². The number of ether oxygens (including phenoxy) is 1. The Hall–Kier alpha value is -1.37. The summed E-state index contributed by atoms with van der Waals surface area (Å²) in [6, 6.07) is 0. The second-order valence-electron chi connectivity index (χ2n) is 4.77. The second kappa shape index (κ2) is 7.42. The molecule has 7 heteroatoms. The first-order valence-corrected chi connectivity index (χ1v) is 8.47. The minimum absolute atomic E-state index is 0.214. The summed E-state index contributed by atoms with van der Waals surface area (Å²) >= 11 is 0. The number of hydrogen-bond acceptors (Lipinski definition) is 5. The third kappa shape index (κ3) is 4.96. The summed E-state index contributed by atoms with van der Waals surface area (Å²) in [6.45, 7) is 6.11. The average Bonchev–Trinajstić information content (AvgIpc) is 2.38. The summed E-state index contributed by atoms with van der Waals surface area (Å²) in [5.74, 6) is -1.88. The van der Waals surface area contributed by atoms with Gasteiger partial charge >= 0.3 is 5.97 Å². The van der Waals surface area contributed by atoms with Gasteiger partial charge in [0, 0.05) is 13.1 Å². The molecule has 1 heterocycles. The Morgan fingerprint density at radius 3 is 2.75 bits per heavy atom. The van der Waals surface area contributed by atoms with Gasteiger partial charge in [0.15, 0.2) is 9.84 Å². The van der Waals surface area contributed by atoms with Gasteiger partial charge in [0.1, 0.15) is 5.75 Å². The molecular weight excluding hydrogens is 282 g/mol. The van der Waals surface area contributed by atoms with Crippen LogP contribution in [0.3, 0.4) is 0 Å². The zero-order valence-corrected chi connectivity index (χ0v) is 12.5. The molecule has 1 aliphatic heterocycles. The Labute approximate surface area is 119 Å². The van der Waals surface area contributed by atoms with Crippen molar-refractivity contribution in [3.8, 4) is 0 Å². The van der Waals surface area contributed by atoms with Gasteiger partial charge < -0.3 is 9.64 Å². The molecule has 0 aromatic carbocycles. The van der Waals surface area contributed by atoms with E-state index in [-0.39, 0.29) is 24.2 Å². The molecule has 0 radical (unpaired) electrons. The zero-order chi connectivity index (χ0) is 15.2. The first kappa shape index (κ1) is 16.7. The van der Waals surface area contributed by atoms with Crippen molar-refractivity contribution in [2.24, 2.45) is 5.92 Å². The minimum Gasteiger partial charge on any atom is -0.466 e. The lowest BCUT2D eigenvalue weighted by Crippen LogP contribution is -2.45. The molecule has 0 saturated carbocycles. The number of esters is 1. The highest BCUT2D eigenvalue weighted by molar-refractivity contribution is 7.92. The fourth-order valence-electron chi connectivity index (χ4n) is 2.17. The van der Waals surface area contributed by atoms with E-state index in [9.17, 15) is 18.0 Å². The van der Waals surface area contributed by atoms with Gasteiger partial charge in [-0.25, -0.2) is 8.42 Å². The molecule has 0 aliphatic carbocycles. The van der Waals surface area contributed by atoms with Crippen molar-refractivity contribution in [1.82, 2.24) is 4.90 Å². The number of rotatable bonds is 6. The predicted octanol–water partition coefficient (Wildman–Crippen LogP) is 0.389. The fraction of sp³-hybridized carbons (Fsp3) is 0.692. The van der Waals surface area contributed by atoms with Crippen molar-refractivity contribution in [2.45, 2.75) is 19.8 Å². The Bertz CT molecular complexity index is 471. The SMILES string of the molecule is C=CCS(=O)(=O)CC(=O)N1CCCC(C(=O)OCC)C1. The first-order valence-electron chi connectivity index (χ1n) is 6.65. The van der Waals surface area contributed by atoms with Crippen molar-refractivity contribution in [2.75, 3.05) is 31.2 Å². The van der Waals surface area contributed by atoms with E-state index >= 15 is 0 Å². The number of carbonyl (C=O) groups excluding carboxylic acids is 2. The van der Waals surface area contributed by atoms with Crippen LogP contribution < -0.4 is 0 Å². The van der Waals surface area contributed by atoms with E-state index in [1.54, 1.807) is 6.92 Å². The number of hydrogen-bond donors (Lipinski definition) is 0. The van der Waals surface area contributed by atoms with E-state index < -0.39 is 21.5 Å². The molecule has 1 amide bonds. The summed E-state index contributed by atoms with van der Waals surface area (Å²) in [5.41, 5.74) is 0. The van der Waals surface area contributed by atoms with E-state index in [2.05, 4.69) is 6.58 Å². The van der Waals surface area contributed by atoms with Gasteiger partial charge in [-0.15, -0.1) is 6.58 Å². The average molecular weight is 303 g/mol. The molecule has 1 saturated heterocycles. The lowest BCUT2D eigenvalue weighted by molar-refractivity contribution is -0.151. The van der Waals surface area contributed by atoms with Crippen LogP contribution in [-0.2, 0) is 24.2 Å². The monoisotopic (exact) mass is 303 g/mol. The fourth-order valence-corrected chi connectivity index (χ4v) is 3.21. The van der Waals surface area contributed by atoms with Crippen LogP contribution in [0.4, 0.5) is 0 Å². The van der Waals surface area contributed by atoms with Gasteiger partial charge in [-0.3, -0.25) is 9.59 Å². The smallest absolute Gasteiger partial charge is 0.310 e. The lowest BCUT2D eigenvalue weighted by Gasteiger charge is -2.31. The number of amides is 1. The largest absolute Gasteiger partial charge is 0.466 e. The van der Waals surface area contributed by atoms with Crippen LogP contribution in [0.25, 0.3) is 0 Å². The third-order valence-corrected chi connectivity index (χ3v) is 4.54. The Morgan fingerprint density at radius 2 is 2.15 bits per heavy atom. The predicted molar refractivity (Wildman–Crippen MR) is 74.8 cm³/mol. The van der Waals surface area contributed by atoms with Gasteiger partial charge in [0.2, 0.25) is 5.91 Å². The summed E-state index contributed by atoms with van der Waals surface area (Å²) in [7, 11) is -3.45. The number of carbonyl (C=O) groups is 2. The molecule has 0 aromatic rings. The van der Waals surface area contributed by atoms with Crippen LogP contribution in [0.15, 0.2) is 12.7 Å². The molecule has 1 rings (SSSR count). The molecule has 0 aromatic heterocycles. The third-order valence-electron chi connectivity index (χ3n) is 3.11. The molecule has 1 atom stereocenters. The first-order chi connectivity index (χ1) is 9.39. The summed E-state index contributed by atoms with van der Waals surface area (Å²) < 4.78 is 28.1. The molecule has 20 heavy (non-hydrogen) atoms. The highest BCUT2D eigenvalue weighted by atomic mass is 32.2. The molecule has 1 unspecified atom stereocenters. The van der Waals surface area contributed by atoms with E-state index in [0.29, 0.717) is 26.0 Å². The van der Waals surface area contributed by atoms with Crippen LogP contribution in [0.5, 0.6) is 0 Å². The van der Waals surface area contributed by atoms with Crippen molar-refractivity contribution in [3.63, 3.8) is 0 Å². The van der Waals surface area contributed by atoms with Crippen LogP contribution in [0.1, 0.15) is 19.8 Å². The quantitative estimate of drug-likeness (QED) is 0.524. The van der Waals surface area contributed by atoms with Crippen molar-refractivity contribution in [3.05, 3.63) is 12.7 Å². The molecule has 0 bridgehead atoms. The van der Waals surface area contributed by atoms with Crippen LogP contribution in [-0.4, -0.2) is 56.4 Å². The van der Waals surface area contributed by atoms with Gasteiger partial charge in [0.05, 0.1) is 18.3 Å². The maximum atomic E-state index is 12.0. The summed E-state index contributed by atoms with van der Waals surface area (Å²) in [4.78, 5) is 25.1. The number of sulfone groups is 1. The van der Waals surface area contributed by atoms with Gasteiger partial charge in [0.25, 0.3) is 0 Å². The summed E-state index contributed by atoms with van der Waals surface area (Å²) in [5, 5.41) is 0. The normalized spacial score (nSPS) is 19.4.